The van der Waals surface area contributed by atoms with E-state index in [1.54, 1.807) is 0 Å². The third-order valence-corrected chi connectivity index (χ3v) is 4.60. The van der Waals surface area contributed by atoms with Crippen LogP contribution in [0.3, 0.4) is 0 Å². The first-order chi connectivity index (χ1) is 11.5. The summed E-state index contributed by atoms with van der Waals surface area (Å²) in [5.74, 6) is 0.106. The summed E-state index contributed by atoms with van der Waals surface area (Å²) in [5, 5.41) is 2.39. The molecule has 0 aromatic heterocycles. The largest absolute Gasteiger partial charge is 0.450 e. The number of benzene rings is 1. The van der Waals surface area contributed by atoms with E-state index in [9.17, 15) is 9.59 Å². The number of anilines is 1. The molecule has 0 spiro atoms. The van der Waals surface area contributed by atoms with Crippen LogP contribution >= 0.6 is 0 Å². The van der Waals surface area contributed by atoms with Crippen LogP contribution in [0, 0.1) is 5.92 Å². The summed E-state index contributed by atoms with van der Waals surface area (Å²) in [7, 11) is 1.50. The van der Waals surface area contributed by atoms with Gasteiger partial charge in [0, 0.05) is 31.9 Å². The van der Waals surface area contributed by atoms with E-state index in [2.05, 4.69) is 30.1 Å². The fourth-order valence-electron chi connectivity index (χ4n) is 3.10. The monoisotopic (exact) mass is 334 g/mol. The number of carbonyl (C=O) groups excluding carboxylic acids is 2. The van der Waals surface area contributed by atoms with Gasteiger partial charge in [-0.15, -0.1) is 0 Å². The fraction of sp³-hybridized carbons (Fsp3) is 0.556. The Morgan fingerprint density at radius 1 is 1.33 bits per heavy atom. The molecule has 2 rings (SSSR count). The van der Waals surface area contributed by atoms with Crippen LogP contribution in [0.15, 0.2) is 18.2 Å². The van der Waals surface area contributed by atoms with Crippen LogP contribution in [0.2, 0.25) is 0 Å². The molecule has 1 aromatic carbocycles. The predicted octanol–water partition coefficient (Wildman–Crippen LogP) is 2.92. The maximum Gasteiger partial charge on any atom is 0.406 e. The Morgan fingerprint density at radius 2 is 2.04 bits per heavy atom. The highest BCUT2D eigenvalue weighted by Gasteiger charge is 2.35. The predicted molar refractivity (Wildman–Crippen MR) is 92.6 cm³/mol. The molecule has 1 N–H and O–H groups in total. The third kappa shape index (κ3) is 3.80. The second kappa shape index (κ2) is 8.04. The molecule has 2 unspecified atom stereocenters. The molecular formula is C18H26N2O4. The van der Waals surface area contributed by atoms with Crippen molar-refractivity contribution in [3.05, 3.63) is 23.8 Å². The molecule has 6 nitrogen and oxygen atoms in total. The average Bonchev–Trinajstić information content (AvgIpc) is 2.58. The Hall–Kier alpha value is -2.24. The SMILES string of the molecule is CCN(CC)c1ccc2c(c1)OC(=O)C(CCOC(=O)NC)C2C. The van der Waals surface area contributed by atoms with E-state index in [0.717, 1.165) is 24.3 Å². The van der Waals surface area contributed by atoms with Crippen LogP contribution in [-0.4, -0.2) is 38.8 Å². The van der Waals surface area contributed by atoms with Crippen molar-refractivity contribution in [3.63, 3.8) is 0 Å². The van der Waals surface area contributed by atoms with Gasteiger partial charge in [0.05, 0.1) is 12.5 Å². The van der Waals surface area contributed by atoms with Gasteiger partial charge < -0.3 is 19.7 Å². The lowest BCUT2D eigenvalue weighted by Crippen LogP contribution is -2.32. The molecule has 0 bridgehead atoms. The summed E-state index contributed by atoms with van der Waals surface area (Å²) < 4.78 is 10.6. The first kappa shape index (κ1) is 18.1. The molecule has 6 heteroatoms. The van der Waals surface area contributed by atoms with Gasteiger partial charge in [0.1, 0.15) is 5.75 Å². The highest BCUT2D eigenvalue weighted by Crippen LogP contribution is 2.40. The van der Waals surface area contributed by atoms with Crippen molar-refractivity contribution in [3.8, 4) is 5.75 Å². The van der Waals surface area contributed by atoms with Gasteiger partial charge in [-0.1, -0.05) is 13.0 Å². The maximum absolute atomic E-state index is 12.3. The topological polar surface area (TPSA) is 67.9 Å². The lowest BCUT2D eigenvalue weighted by molar-refractivity contribution is -0.141. The fourth-order valence-corrected chi connectivity index (χ4v) is 3.10. The van der Waals surface area contributed by atoms with Crippen LogP contribution in [0.4, 0.5) is 10.5 Å². The number of hydrogen-bond acceptors (Lipinski definition) is 5. The first-order valence-corrected chi connectivity index (χ1v) is 8.46. The van der Waals surface area contributed by atoms with Gasteiger partial charge in [0.25, 0.3) is 0 Å². The number of nitrogens with one attached hydrogen (secondary N) is 1. The summed E-state index contributed by atoms with van der Waals surface area (Å²) in [6.45, 7) is 8.20. The average molecular weight is 334 g/mol. The van der Waals surface area contributed by atoms with Gasteiger partial charge in [-0.2, -0.15) is 0 Å². The van der Waals surface area contributed by atoms with Gasteiger partial charge in [-0.3, -0.25) is 4.79 Å². The van der Waals surface area contributed by atoms with E-state index in [-0.39, 0.29) is 24.4 Å². The quantitative estimate of drug-likeness (QED) is 0.640. The zero-order valence-electron chi connectivity index (χ0n) is 14.8. The van der Waals surface area contributed by atoms with Crippen LogP contribution < -0.4 is 15.0 Å². The van der Waals surface area contributed by atoms with Gasteiger partial charge >= 0.3 is 12.1 Å². The number of ether oxygens (including phenoxy) is 2. The minimum atomic E-state index is -0.490. The second-order valence-corrected chi connectivity index (χ2v) is 5.89. The summed E-state index contributed by atoms with van der Waals surface area (Å²) in [6, 6.07) is 6.04. The van der Waals surface area contributed by atoms with Gasteiger partial charge in [-0.05, 0) is 37.8 Å². The normalized spacial score (nSPS) is 19.2. The molecule has 132 valence electrons. The van der Waals surface area contributed by atoms with Crippen LogP contribution in [0.5, 0.6) is 5.75 Å². The highest BCUT2D eigenvalue weighted by molar-refractivity contribution is 5.80. The van der Waals surface area contributed by atoms with Crippen LogP contribution in [-0.2, 0) is 9.53 Å². The highest BCUT2D eigenvalue weighted by atomic mass is 16.6. The number of rotatable bonds is 6. The minimum absolute atomic E-state index is 0.0280. The number of amides is 1. The maximum atomic E-state index is 12.3. The van der Waals surface area contributed by atoms with Crippen molar-refractivity contribution in [2.24, 2.45) is 5.92 Å². The zero-order valence-corrected chi connectivity index (χ0v) is 14.8. The number of carbonyl (C=O) groups is 2. The Balaban J connectivity index is 2.12. The molecule has 0 fully saturated rings. The van der Waals surface area contributed by atoms with E-state index < -0.39 is 6.09 Å². The molecule has 0 saturated carbocycles. The van der Waals surface area contributed by atoms with E-state index in [1.165, 1.54) is 7.05 Å². The lowest BCUT2D eigenvalue weighted by atomic mass is 9.83. The van der Waals surface area contributed by atoms with Gasteiger partial charge in [0.15, 0.2) is 0 Å². The molecule has 1 aliphatic heterocycles. The van der Waals surface area contributed by atoms with Crippen molar-refractivity contribution in [2.45, 2.75) is 33.1 Å². The van der Waals surface area contributed by atoms with E-state index in [1.807, 2.05) is 19.1 Å². The third-order valence-electron chi connectivity index (χ3n) is 4.60. The van der Waals surface area contributed by atoms with Gasteiger partial charge in [-0.25, -0.2) is 4.79 Å². The van der Waals surface area contributed by atoms with Crippen LogP contribution in [0.25, 0.3) is 0 Å². The number of nitrogens with zero attached hydrogens (tertiary/aromatic N) is 1. The van der Waals surface area contributed by atoms with Crippen molar-refractivity contribution in [1.29, 1.82) is 0 Å². The zero-order chi connectivity index (χ0) is 17.7. The minimum Gasteiger partial charge on any atom is -0.450 e. The Bertz CT molecular complexity index is 599. The van der Waals surface area contributed by atoms with E-state index in [4.69, 9.17) is 9.47 Å². The smallest absolute Gasteiger partial charge is 0.406 e. The Labute approximate surface area is 143 Å². The molecule has 0 aliphatic carbocycles. The van der Waals surface area contributed by atoms with E-state index in [0.29, 0.717) is 12.2 Å². The van der Waals surface area contributed by atoms with Crippen LogP contribution in [0.1, 0.15) is 38.7 Å². The lowest BCUT2D eigenvalue weighted by Gasteiger charge is -2.31. The van der Waals surface area contributed by atoms with Crippen molar-refractivity contribution < 1.29 is 19.1 Å². The van der Waals surface area contributed by atoms with E-state index >= 15 is 0 Å². The first-order valence-electron chi connectivity index (χ1n) is 8.46. The molecule has 2 atom stereocenters. The number of esters is 1. The summed E-state index contributed by atoms with van der Waals surface area (Å²) >= 11 is 0. The summed E-state index contributed by atoms with van der Waals surface area (Å²) in [6.07, 6.45) is -0.0407. The summed E-state index contributed by atoms with van der Waals surface area (Å²) in [4.78, 5) is 25.7. The molecular weight excluding hydrogens is 308 g/mol. The molecule has 0 radical (unpaired) electrons. The van der Waals surface area contributed by atoms with Gasteiger partial charge in [0.2, 0.25) is 0 Å². The Morgan fingerprint density at radius 3 is 2.67 bits per heavy atom. The molecule has 1 aromatic rings. The molecule has 1 heterocycles. The van der Waals surface area contributed by atoms with Crippen molar-refractivity contribution >= 4 is 17.7 Å². The number of alkyl carbamates (subject to hydrolysis) is 1. The standard InChI is InChI=1S/C18H26N2O4/c1-5-20(6-2)13-7-8-14-12(3)15(9-10-23-18(22)19-4)17(21)24-16(14)11-13/h7-8,11-12,15H,5-6,9-10H2,1-4H3,(H,19,22). The molecule has 1 aliphatic rings. The molecule has 24 heavy (non-hydrogen) atoms. The second-order valence-electron chi connectivity index (χ2n) is 5.89. The molecule has 1 amide bonds. The summed E-state index contributed by atoms with van der Waals surface area (Å²) in [5.41, 5.74) is 2.08. The number of fused-ring (bicyclic) bond motifs is 1. The molecule has 0 saturated heterocycles. The van der Waals surface area contributed by atoms with Crippen molar-refractivity contribution in [1.82, 2.24) is 5.32 Å². The number of hydrogen-bond donors (Lipinski definition) is 1. The van der Waals surface area contributed by atoms with Crippen molar-refractivity contribution in [2.75, 3.05) is 31.6 Å². The Kier molecular flexibility index (Phi) is 6.06.